The first-order valence-corrected chi connectivity index (χ1v) is 10.8. The van der Waals surface area contributed by atoms with Gasteiger partial charge < -0.3 is 4.90 Å². The molecule has 3 rings (SSSR count). The zero-order valence-electron chi connectivity index (χ0n) is 14.4. The average molecular weight is 421 g/mol. The molecular weight excluding hydrogens is 404 g/mol. The highest BCUT2D eigenvalue weighted by molar-refractivity contribution is 7.89. The molecule has 140 valence electrons. The smallest absolute Gasteiger partial charge is 0.254 e. The Labute approximate surface area is 167 Å². The Hall–Kier alpha value is -2.19. The van der Waals surface area contributed by atoms with Crippen LogP contribution in [0, 0.1) is 0 Å². The predicted octanol–water partition coefficient (Wildman–Crippen LogP) is 3.99. The van der Waals surface area contributed by atoms with Crippen LogP contribution in [0.4, 0.5) is 0 Å². The maximum absolute atomic E-state index is 12.7. The van der Waals surface area contributed by atoms with Crippen LogP contribution >= 0.6 is 22.9 Å². The number of carbonyl (C=O) groups excluding carboxylic acids is 1. The van der Waals surface area contributed by atoms with Crippen LogP contribution in [0.1, 0.15) is 15.9 Å². The van der Waals surface area contributed by atoms with Crippen molar-refractivity contribution in [1.82, 2.24) is 4.90 Å². The molecule has 0 bridgehead atoms. The molecule has 3 aromatic rings. The highest BCUT2D eigenvalue weighted by atomic mass is 35.5. The van der Waals surface area contributed by atoms with Crippen molar-refractivity contribution in [3.8, 4) is 10.4 Å². The molecule has 0 aliphatic heterocycles. The number of hydrogen-bond acceptors (Lipinski definition) is 4. The summed E-state index contributed by atoms with van der Waals surface area (Å²) >= 11 is 7.37. The third-order valence-electron chi connectivity index (χ3n) is 4.01. The van der Waals surface area contributed by atoms with Crippen LogP contribution in [0.25, 0.3) is 10.4 Å². The molecule has 2 aromatic carbocycles. The van der Waals surface area contributed by atoms with Crippen molar-refractivity contribution in [2.75, 3.05) is 7.05 Å². The van der Waals surface area contributed by atoms with Gasteiger partial charge in [0.15, 0.2) is 0 Å². The number of carbonyl (C=O) groups is 1. The van der Waals surface area contributed by atoms with Crippen molar-refractivity contribution < 1.29 is 13.2 Å². The molecule has 1 heterocycles. The lowest BCUT2D eigenvalue weighted by atomic mass is 10.1. The van der Waals surface area contributed by atoms with Crippen molar-refractivity contribution in [2.24, 2.45) is 5.14 Å². The SMILES string of the molecule is CN(Cc1ccccc1S(N)(=O)=O)C(=O)c1csc(-c2ccc(Cl)cc2)c1. The number of rotatable bonds is 5. The number of nitrogens with two attached hydrogens (primary N) is 1. The maximum Gasteiger partial charge on any atom is 0.254 e. The fraction of sp³-hybridized carbons (Fsp3) is 0.105. The molecule has 0 radical (unpaired) electrons. The van der Waals surface area contributed by atoms with Gasteiger partial charge in [0.05, 0.1) is 10.5 Å². The number of amides is 1. The van der Waals surface area contributed by atoms with E-state index in [9.17, 15) is 13.2 Å². The topological polar surface area (TPSA) is 80.5 Å². The van der Waals surface area contributed by atoms with Crippen LogP contribution in [0.5, 0.6) is 0 Å². The van der Waals surface area contributed by atoms with Gasteiger partial charge in [-0.3, -0.25) is 4.79 Å². The lowest BCUT2D eigenvalue weighted by Crippen LogP contribution is -2.27. The lowest BCUT2D eigenvalue weighted by Gasteiger charge is -2.18. The van der Waals surface area contributed by atoms with Gasteiger partial charge in [0.1, 0.15) is 0 Å². The molecule has 0 spiro atoms. The second-order valence-corrected chi connectivity index (χ2v) is 8.90. The van der Waals surface area contributed by atoms with Crippen LogP contribution in [0.2, 0.25) is 5.02 Å². The highest BCUT2D eigenvalue weighted by Crippen LogP contribution is 2.29. The van der Waals surface area contributed by atoms with E-state index in [-0.39, 0.29) is 17.3 Å². The minimum atomic E-state index is -3.85. The summed E-state index contributed by atoms with van der Waals surface area (Å²) in [7, 11) is -2.22. The number of halogens is 1. The summed E-state index contributed by atoms with van der Waals surface area (Å²) in [4.78, 5) is 15.2. The summed E-state index contributed by atoms with van der Waals surface area (Å²) < 4.78 is 23.5. The highest BCUT2D eigenvalue weighted by Gasteiger charge is 2.19. The van der Waals surface area contributed by atoms with Gasteiger partial charge in [-0.05, 0) is 35.4 Å². The molecular formula is C19H17ClN2O3S2. The van der Waals surface area contributed by atoms with E-state index in [1.165, 1.54) is 22.3 Å². The van der Waals surface area contributed by atoms with Gasteiger partial charge in [-0.15, -0.1) is 11.3 Å². The van der Waals surface area contributed by atoms with E-state index in [1.54, 1.807) is 42.8 Å². The Kier molecular flexibility index (Phi) is 5.67. The van der Waals surface area contributed by atoms with Crippen LogP contribution in [-0.2, 0) is 16.6 Å². The summed E-state index contributed by atoms with van der Waals surface area (Å²) in [5.41, 5.74) is 2.00. The molecule has 0 saturated heterocycles. The van der Waals surface area contributed by atoms with Gasteiger partial charge in [-0.25, -0.2) is 13.6 Å². The minimum absolute atomic E-state index is 0.0248. The van der Waals surface area contributed by atoms with E-state index >= 15 is 0 Å². The van der Waals surface area contributed by atoms with Crippen molar-refractivity contribution in [3.05, 3.63) is 76.1 Å². The zero-order chi connectivity index (χ0) is 19.6. The molecule has 1 amide bonds. The Bertz CT molecular complexity index is 1080. The third kappa shape index (κ3) is 4.56. The molecule has 0 unspecified atom stereocenters. The standard InChI is InChI=1S/C19H17ClN2O3S2/c1-22(11-14-4-2-3-5-18(14)27(21,24)25)19(23)15-10-17(26-12-15)13-6-8-16(20)9-7-13/h2-10,12H,11H2,1H3,(H2,21,24,25). The minimum Gasteiger partial charge on any atom is -0.337 e. The number of primary sulfonamides is 1. The summed E-state index contributed by atoms with van der Waals surface area (Å²) in [5, 5.41) is 7.70. The van der Waals surface area contributed by atoms with Crippen molar-refractivity contribution in [2.45, 2.75) is 11.4 Å². The zero-order valence-corrected chi connectivity index (χ0v) is 16.8. The molecule has 2 N–H and O–H groups in total. The average Bonchev–Trinajstić information content (AvgIpc) is 3.11. The van der Waals surface area contributed by atoms with Gasteiger partial charge in [0.25, 0.3) is 5.91 Å². The van der Waals surface area contributed by atoms with Gasteiger partial charge >= 0.3 is 0 Å². The molecule has 1 aromatic heterocycles. The molecule has 0 aliphatic rings. The molecule has 5 nitrogen and oxygen atoms in total. The second-order valence-electron chi connectivity index (χ2n) is 6.02. The maximum atomic E-state index is 12.7. The van der Waals surface area contributed by atoms with E-state index in [0.717, 1.165) is 10.4 Å². The Morgan fingerprint density at radius 2 is 1.81 bits per heavy atom. The fourth-order valence-corrected chi connectivity index (χ4v) is 4.46. The lowest BCUT2D eigenvalue weighted by molar-refractivity contribution is 0.0784. The second kappa shape index (κ2) is 7.82. The number of thiophene rings is 1. The summed E-state index contributed by atoms with van der Waals surface area (Å²) in [6, 6.07) is 15.6. The van der Waals surface area contributed by atoms with Gasteiger partial charge in [-0.1, -0.05) is 41.9 Å². The van der Waals surface area contributed by atoms with Crippen LogP contribution in [0.15, 0.2) is 64.9 Å². The third-order valence-corrected chi connectivity index (χ3v) is 6.25. The van der Waals surface area contributed by atoms with E-state index in [0.29, 0.717) is 16.1 Å². The predicted molar refractivity (Wildman–Crippen MR) is 108 cm³/mol. The Morgan fingerprint density at radius 1 is 1.15 bits per heavy atom. The van der Waals surface area contributed by atoms with Crippen molar-refractivity contribution in [3.63, 3.8) is 0 Å². The van der Waals surface area contributed by atoms with Crippen LogP contribution in [-0.4, -0.2) is 26.3 Å². The quantitative estimate of drug-likeness (QED) is 0.677. The van der Waals surface area contributed by atoms with Crippen molar-refractivity contribution in [1.29, 1.82) is 0 Å². The summed E-state index contributed by atoms with van der Waals surface area (Å²) in [6.07, 6.45) is 0. The first-order chi connectivity index (χ1) is 12.8. The Balaban J connectivity index is 1.80. The molecule has 0 aliphatic carbocycles. The number of benzene rings is 2. The first kappa shape index (κ1) is 19.6. The van der Waals surface area contributed by atoms with Gasteiger partial charge in [0.2, 0.25) is 10.0 Å². The number of nitrogens with zero attached hydrogens (tertiary/aromatic N) is 1. The van der Waals surface area contributed by atoms with E-state index in [2.05, 4.69) is 0 Å². The van der Waals surface area contributed by atoms with Crippen LogP contribution in [0.3, 0.4) is 0 Å². The van der Waals surface area contributed by atoms with Gasteiger partial charge in [0, 0.05) is 28.9 Å². The monoisotopic (exact) mass is 420 g/mol. The molecule has 0 atom stereocenters. The number of sulfonamides is 1. The van der Waals surface area contributed by atoms with E-state index in [4.69, 9.17) is 16.7 Å². The molecule has 27 heavy (non-hydrogen) atoms. The Morgan fingerprint density at radius 3 is 2.48 bits per heavy atom. The number of hydrogen-bond donors (Lipinski definition) is 1. The van der Waals surface area contributed by atoms with E-state index in [1.807, 2.05) is 18.2 Å². The molecule has 0 fully saturated rings. The van der Waals surface area contributed by atoms with Crippen molar-refractivity contribution >= 4 is 38.9 Å². The molecule has 8 heteroatoms. The van der Waals surface area contributed by atoms with E-state index < -0.39 is 10.0 Å². The van der Waals surface area contributed by atoms with Crippen LogP contribution < -0.4 is 5.14 Å². The summed E-state index contributed by atoms with van der Waals surface area (Å²) in [5.74, 6) is -0.198. The molecule has 0 saturated carbocycles. The summed E-state index contributed by atoms with van der Waals surface area (Å²) in [6.45, 7) is 0.136. The largest absolute Gasteiger partial charge is 0.337 e. The first-order valence-electron chi connectivity index (χ1n) is 7.96. The normalized spacial score (nSPS) is 11.4. The van der Waals surface area contributed by atoms with Gasteiger partial charge in [-0.2, -0.15) is 0 Å². The fourth-order valence-electron chi connectivity index (χ4n) is 2.67.